The summed E-state index contributed by atoms with van der Waals surface area (Å²) in [5.41, 5.74) is 11.7. The molecular weight excluding hydrogens is 336 g/mol. The second kappa shape index (κ2) is 5.10. The van der Waals surface area contributed by atoms with Crippen LogP contribution in [0.2, 0.25) is 0 Å². The lowest BCUT2D eigenvalue weighted by Gasteiger charge is -2.32. The van der Waals surface area contributed by atoms with Gasteiger partial charge >= 0.3 is 0 Å². The first-order valence-electron chi connectivity index (χ1n) is 7.76. The molecular formula is C17H14N6O3. The van der Waals surface area contributed by atoms with Gasteiger partial charge in [0, 0.05) is 16.9 Å². The molecule has 9 nitrogen and oxygen atoms in total. The van der Waals surface area contributed by atoms with Crippen LogP contribution in [0.1, 0.15) is 16.8 Å². The van der Waals surface area contributed by atoms with E-state index in [1.807, 2.05) is 6.07 Å². The van der Waals surface area contributed by atoms with Gasteiger partial charge in [0.2, 0.25) is 23.6 Å². The average molecular weight is 350 g/mol. The molecule has 130 valence electrons. The maximum absolute atomic E-state index is 13.6. The number of fused-ring (bicyclic) bond motifs is 4. The van der Waals surface area contributed by atoms with E-state index in [-0.39, 0.29) is 23.9 Å². The molecule has 0 radical (unpaired) electrons. The number of hydrogen-bond acceptors (Lipinski definition) is 6. The van der Waals surface area contributed by atoms with E-state index in [9.17, 15) is 14.9 Å². The normalized spacial score (nSPS) is 20.6. The number of nitrogens with zero attached hydrogens (tertiary/aromatic N) is 3. The molecule has 5 N–H and O–H groups in total. The van der Waals surface area contributed by atoms with Crippen LogP contribution in [0.4, 0.5) is 5.69 Å². The highest BCUT2D eigenvalue weighted by atomic mass is 16.5. The number of carbonyl (C=O) groups is 2. The van der Waals surface area contributed by atoms with Gasteiger partial charge in [-0.05, 0) is 13.0 Å². The predicted molar refractivity (Wildman–Crippen MR) is 89.5 cm³/mol. The van der Waals surface area contributed by atoms with Crippen LogP contribution in [-0.2, 0) is 15.0 Å². The van der Waals surface area contributed by atoms with Gasteiger partial charge in [-0.3, -0.25) is 14.7 Å². The van der Waals surface area contributed by atoms with E-state index in [1.165, 1.54) is 4.90 Å². The number of ether oxygens (including phenoxy) is 1. The highest BCUT2D eigenvalue weighted by Crippen LogP contribution is 2.55. The fraction of sp³-hybridized carbons (Fsp3) is 0.176. The van der Waals surface area contributed by atoms with Crippen molar-refractivity contribution in [3.63, 3.8) is 0 Å². The number of carbonyl (C=O) groups excluding carboxylic acids is 2. The van der Waals surface area contributed by atoms with Crippen molar-refractivity contribution in [3.8, 4) is 11.9 Å². The molecule has 0 fully saturated rings. The number of para-hydroxylation sites is 1. The Kier molecular flexibility index (Phi) is 3.08. The van der Waals surface area contributed by atoms with E-state index >= 15 is 0 Å². The van der Waals surface area contributed by atoms with Crippen molar-refractivity contribution < 1.29 is 14.3 Å². The molecule has 2 amide bonds. The van der Waals surface area contributed by atoms with Gasteiger partial charge in [0.1, 0.15) is 23.6 Å². The van der Waals surface area contributed by atoms with Crippen molar-refractivity contribution in [2.45, 2.75) is 12.3 Å². The lowest BCUT2D eigenvalue weighted by Crippen LogP contribution is -2.47. The maximum atomic E-state index is 13.6. The smallest absolute Gasteiger partial charge is 0.248 e. The van der Waals surface area contributed by atoms with Gasteiger partial charge in [0.05, 0.1) is 5.56 Å². The van der Waals surface area contributed by atoms with Crippen LogP contribution in [0, 0.1) is 18.3 Å². The number of benzene rings is 1. The summed E-state index contributed by atoms with van der Waals surface area (Å²) in [4.78, 5) is 26.4. The molecule has 2 aliphatic rings. The van der Waals surface area contributed by atoms with E-state index < -0.39 is 17.2 Å². The largest absolute Gasteiger partial charge is 0.420 e. The third kappa shape index (κ3) is 1.70. The summed E-state index contributed by atoms with van der Waals surface area (Å²) < 4.78 is 5.45. The van der Waals surface area contributed by atoms with Gasteiger partial charge in [-0.15, -0.1) is 5.10 Å². The van der Waals surface area contributed by atoms with Gasteiger partial charge in [-0.2, -0.15) is 5.26 Å². The molecule has 2 aromatic rings. The molecule has 0 saturated carbocycles. The zero-order valence-electron chi connectivity index (χ0n) is 13.7. The Hall–Kier alpha value is -3.80. The molecule has 0 saturated heterocycles. The van der Waals surface area contributed by atoms with Crippen molar-refractivity contribution in [3.05, 3.63) is 52.5 Å². The molecule has 0 bridgehead atoms. The van der Waals surface area contributed by atoms with Gasteiger partial charge in [0.15, 0.2) is 0 Å². The topological polar surface area (TPSA) is 151 Å². The number of aryl methyl sites for hydroxylation is 1. The Morgan fingerprint density at radius 2 is 2.19 bits per heavy atom. The Morgan fingerprint density at radius 3 is 2.88 bits per heavy atom. The number of aromatic amines is 1. The number of amides is 2. The van der Waals surface area contributed by atoms with Gasteiger partial charge in [-0.1, -0.05) is 18.2 Å². The van der Waals surface area contributed by atoms with E-state index in [1.54, 1.807) is 31.2 Å². The Labute approximate surface area is 147 Å². The van der Waals surface area contributed by atoms with Crippen molar-refractivity contribution in [2.75, 3.05) is 11.4 Å². The molecule has 2 aliphatic heterocycles. The minimum absolute atomic E-state index is 0.0427. The fourth-order valence-corrected chi connectivity index (χ4v) is 3.78. The van der Waals surface area contributed by atoms with Crippen molar-refractivity contribution in [2.24, 2.45) is 11.5 Å². The lowest BCUT2D eigenvalue weighted by atomic mass is 9.69. The number of nitriles is 1. The van der Waals surface area contributed by atoms with E-state index in [4.69, 9.17) is 16.2 Å². The molecule has 4 rings (SSSR count). The fourth-order valence-electron chi connectivity index (χ4n) is 3.78. The summed E-state index contributed by atoms with van der Waals surface area (Å²) in [6.07, 6.45) is 0. The second-order valence-corrected chi connectivity index (χ2v) is 6.11. The zero-order chi connectivity index (χ0) is 18.6. The van der Waals surface area contributed by atoms with Crippen LogP contribution in [-0.4, -0.2) is 28.6 Å². The molecule has 1 aromatic carbocycles. The van der Waals surface area contributed by atoms with Gasteiger partial charge in [-0.25, -0.2) is 0 Å². The quantitative estimate of drug-likeness (QED) is 0.689. The van der Waals surface area contributed by atoms with Crippen molar-refractivity contribution in [1.29, 1.82) is 5.26 Å². The van der Waals surface area contributed by atoms with Crippen LogP contribution in [0.15, 0.2) is 35.7 Å². The SMILES string of the molecule is Cc1[nH]nc2c1[C@]1(C(=O)N(CC(N)=O)c3ccccc31)C(C#N)=C(N)O2. The van der Waals surface area contributed by atoms with Crippen LogP contribution in [0.25, 0.3) is 0 Å². The van der Waals surface area contributed by atoms with Gasteiger partial charge in [0.25, 0.3) is 0 Å². The standard InChI is InChI=1S/C17H14N6O3/c1-8-13-15(22-21-8)26-14(20)10(6-18)17(13)9-4-2-3-5-11(9)23(16(17)25)7-12(19)24/h2-5H,7,20H2,1H3,(H2,19,24)(H,21,22)/t17-/m1/s1. The van der Waals surface area contributed by atoms with E-state index in [0.717, 1.165) is 0 Å². The average Bonchev–Trinajstić information content (AvgIpc) is 3.08. The predicted octanol–water partition coefficient (Wildman–Crippen LogP) is -0.0776. The number of anilines is 1. The lowest BCUT2D eigenvalue weighted by molar-refractivity contribution is -0.123. The minimum atomic E-state index is -1.53. The third-order valence-electron chi connectivity index (χ3n) is 4.71. The highest BCUT2D eigenvalue weighted by molar-refractivity contribution is 6.16. The molecule has 1 aromatic heterocycles. The van der Waals surface area contributed by atoms with Crippen molar-refractivity contribution in [1.82, 2.24) is 10.2 Å². The summed E-state index contributed by atoms with van der Waals surface area (Å²) in [7, 11) is 0. The van der Waals surface area contributed by atoms with Crippen LogP contribution >= 0.6 is 0 Å². The first kappa shape index (κ1) is 15.7. The number of nitrogens with one attached hydrogen (secondary N) is 1. The van der Waals surface area contributed by atoms with Gasteiger partial charge < -0.3 is 21.1 Å². The number of nitrogens with two attached hydrogens (primary N) is 2. The van der Waals surface area contributed by atoms with E-state index in [2.05, 4.69) is 10.2 Å². The highest BCUT2D eigenvalue weighted by Gasteiger charge is 2.60. The van der Waals surface area contributed by atoms with Crippen LogP contribution in [0.3, 0.4) is 0 Å². The summed E-state index contributed by atoms with van der Waals surface area (Å²) in [5, 5.41) is 16.6. The monoisotopic (exact) mass is 350 g/mol. The molecule has 0 unspecified atom stereocenters. The molecule has 9 heteroatoms. The summed E-state index contributed by atoms with van der Waals surface area (Å²) in [6.45, 7) is 1.41. The second-order valence-electron chi connectivity index (χ2n) is 6.11. The number of H-pyrrole nitrogens is 1. The molecule has 26 heavy (non-hydrogen) atoms. The summed E-state index contributed by atoms with van der Waals surface area (Å²) in [6, 6.07) is 8.92. The maximum Gasteiger partial charge on any atom is 0.248 e. The third-order valence-corrected chi connectivity index (χ3v) is 4.71. The summed E-state index contributed by atoms with van der Waals surface area (Å²) in [5.74, 6) is -1.23. The Morgan fingerprint density at radius 1 is 1.46 bits per heavy atom. The molecule has 1 atom stereocenters. The molecule has 3 heterocycles. The molecule has 0 aliphatic carbocycles. The zero-order valence-corrected chi connectivity index (χ0v) is 13.7. The number of hydrogen-bond donors (Lipinski definition) is 3. The first-order chi connectivity index (χ1) is 12.4. The molecule has 1 spiro atoms. The number of primary amides is 1. The van der Waals surface area contributed by atoms with E-state index in [0.29, 0.717) is 22.5 Å². The first-order valence-corrected chi connectivity index (χ1v) is 7.76. The van der Waals surface area contributed by atoms with Crippen LogP contribution in [0.5, 0.6) is 5.88 Å². The summed E-state index contributed by atoms with van der Waals surface area (Å²) >= 11 is 0. The van der Waals surface area contributed by atoms with Crippen LogP contribution < -0.4 is 21.1 Å². The Balaban J connectivity index is 2.12. The Bertz CT molecular complexity index is 1050. The number of rotatable bonds is 2. The van der Waals surface area contributed by atoms with Crippen molar-refractivity contribution >= 4 is 17.5 Å². The number of aromatic nitrogens is 2. The minimum Gasteiger partial charge on any atom is -0.420 e.